The minimum atomic E-state index is -4.64. The summed E-state index contributed by atoms with van der Waals surface area (Å²) in [7, 11) is 0. The molecule has 19 heavy (non-hydrogen) atoms. The topological polar surface area (TPSA) is 78.4 Å². The molecular weight excluding hydrogens is 333 g/mol. The van der Waals surface area contributed by atoms with Crippen molar-refractivity contribution >= 4 is 33.6 Å². The van der Waals surface area contributed by atoms with E-state index in [9.17, 15) is 22.8 Å². The molecule has 0 heterocycles. The summed E-state index contributed by atoms with van der Waals surface area (Å²) < 4.78 is 38.3. The number of hydrogen-bond acceptors (Lipinski definition) is 2. The Labute approximate surface area is 113 Å². The Hall–Kier alpha value is -1.77. The zero-order valence-corrected chi connectivity index (χ0v) is 10.8. The molecule has 5 nitrogen and oxygen atoms in total. The quantitative estimate of drug-likeness (QED) is 0.791. The molecule has 0 aliphatic heterocycles. The van der Waals surface area contributed by atoms with Gasteiger partial charge in [0.25, 0.3) is 0 Å². The second-order valence-electron chi connectivity index (χ2n) is 3.39. The van der Waals surface area contributed by atoms with Gasteiger partial charge < -0.3 is 15.7 Å². The van der Waals surface area contributed by atoms with E-state index < -0.39 is 36.0 Å². The average Bonchev–Trinajstić information content (AvgIpc) is 2.27. The van der Waals surface area contributed by atoms with Crippen LogP contribution in [-0.2, 0) is 11.0 Å². The highest BCUT2D eigenvalue weighted by molar-refractivity contribution is 9.10. The molecule has 3 N–H and O–H groups in total. The number of carbonyl (C=O) groups is 2. The van der Waals surface area contributed by atoms with Crippen molar-refractivity contribution in [1.82, 2.24) is 5.32 Å². The third-order valence-corrected chi connectivity index (χ3v) is 2.43. The number of anilines is 1. The number of urea groups is 1. The van der Waals surface area contributed by atoms with Gasteiger partial charge >= 0.3 is 18.2 Å². The smallest absolute Gasteiger partial charge is 0.418 e. The first kappa shape index (κ1) is 15.3. The Morgan fingerprint density at radius 1 is 1.32 bits per heavy atom. The van der Waals surface area contributed by atoms with Crippen LogP contribution in [-0.4, -0.2) is 23.7 Å². The predicted octanol–water partition coefficient (Wildman–Crippen LogP) is 2.67. The van der Waals surface area contributed by atoms with Crippen molar-refractivity contribution < 1.29 is 27.9 Å². The van der Waals surface area contributed by atoms with Crippen LogP contribution in [0, 0.1) is 0 Å². The molecule has 0 fully saturated rings. The lowest BCUT2D eigenvalue weighted by atomic mass is 10.1. The van der Waals surface area contributed by atoms with E-state index in [4.69, 9.17) is 5.11 Å². The molecule has 0 saturated heterocycles. The van der Waals surface area contributed by atoms with Crippen LogP contribution >= 0.6 is 15.9 Å². The van der Waals surface area contributed by atoms with E-state index in [0.717, 1.165) is 12.1 Å². The first-order chi connectivity index (χ1) is 8.70. The lowest BCUT2D eigenvalue weighted by Gasteiger charge is -2.14. The Kier molecular flexibility index (Phi) is 4.76. The Balaban J connectivity index is 2.89. The SMILES string of the molecule is O=C(O)CNC(=O)Nc1ccc(Br)cc1C(F)(F)F. The van der Waals surface area contributed by atoms with Gasteiger partial charge in [-0.05, 0) is 18.2 Å². The minimum Gasteiger partial charge on any atom is -0.480 e. The van der Waals surface area contributed by atoms with Gasteiger partial charge in [-0.3, -0.25) is 4.79 Å². The first-order valence-electron chi connectivity index (χ1n) is 4.83. The number of nitrogens with one attached hydrogen (secondary N) is 2. The van der Waals surface area contributed by atoms with E-state index in [-0.39, 0.29) is 4.47 Å². The van der Waals surface area contributed by atoms with Crippen LogP contribution in [0.1, 0.15) is 5.56 Å². The molecule has 0 spiro atoms. The predicted molar refractivity (Wildman–Crippen MR) is 63.8 cm³/mol. The number of benzene rings is 1. The number of alkyl halides is 3. The Bertz CT molecular complexity index is 505. The number of halogens is 4. The first-order valence-corrected chi connectivity index (χ1v) is 5.63. The van der Waals surface area contributed by atoms with Gasteiger partial charge in [0.05, 0.1) is 11.3 Å². The zero-order chi connectivity index (χ0) is 14.6. The molecule has 0 bridgehead atoms. The van der Waals surface area contributed by atoms with E-state index >= 15 is 0 Å². The van der Waals surface area contributed by atoms with Crippen molar-refractivity contribution in [3.05, 3.63) is 28.2 Å². The van der Waals surface area contributed by atoms with Crippen molar-refractivity contribution in [2.24, 2.45) is 0 Å². The van der Waals surface area contributed by atoms with Gasteiger partial charge in [-0.2, -0.15) is 13.2 Å². The maximum Gasteiger partial charge on any atom is 0.418 e. The summed E-state index contributed by atoms with van der Waals surface area (Å²) in [5.74, 6) is -1.30. The lowest BCUT2D eigenvalue weighted by molar-refractivity contribution is -0.137. The number of amides is 2. The fourth-order valence-corrected chi connectivity index (χ4v) is 1.54. The number of carboxylic acids is 1. The summed E-state index contributed by atoms with van der Waals surface area (Å²) in [5.41, 5.74) is -1.49. The lowest BCUT2D eigenvalue weighted by Crippen LogP contribution is -2.33. The molecule has 0 aromatic heterocycles. The highest BCUT2D eigenvalue weighted by Crippen LogP contribution is 2.36. The van der Waals surface area contributed by atoms with Crippen molar-refractivity contribution in [3.63, 3.8) is 0 Å². The van der Waals surface area contributed by atoms with E-state index in [0.29, 0.717) is 0 Å². The summed E-state index contributed by atoms with van der Waals surface area (Å²) in [5, 5.41) is 12.2. The third-order valence-electron chi connectivity index (χ3n) is 1.94. The molecule has 2 amide bonds. The van der Waals surface area contributed by atoms with Gasteiger partial charge in [-0.25, -0.2) is 4.79 Å². The number of rotatable bonds is 3. The van der Waals surface area contributed by atoms with Crippen LogP contribution in [0.2, 0.25) is 0 Å². The van der Waals surface area contributed by atoms with Gasteiger partial charge in [-0.15, -0.1) is 0 Å². The maximum atomic E-state index is 12.7. The minimum absolute atomic E-state index is 0.205. The summed E-state index contributed by atoms with van der Waals surface area (Å²) in [4.78, 5) is 21.4. The van der Waals surface area contributed by atoms with E-state index in [1.165, 1.54) is 6.07 Å². The van der Waals surface area contributed by atoms with Crippen molar-refractivity contribution in [3.8, 4) is 0 Å². The largest absolute Gasteiger partial charge is 0.480 e. The zero-order valence-electron chi connectivity index (χ0n) is 9.21. The Morgan fingerprint density at radius 2 is 1.95 bits per heavy atom. The standard InChI is InChI=1S/C10H8BrF3N2O3/c11-5-1-2-7(6(3-5)10(12,13)14)16-9(19)15-4-8(17)18/h1-3H,4H2,(H,17,18)(H2,15,16,19). The Morgan fingerprint density at radius 3 is 2.47 bits per heavy atom. The number of carboxylic acid groups (broad SMARTS) is 1. The molecule has 1 aromatic carbocycles. The molecule has 0 unspecified atom stereocenters. The molecule has 0 aliphatic carbocycles. The normalized spacial score (nSPS) is 10.9. The molecule has 0 saturated carbocycles. The van der Waals surface area contributed by atoms with Gasteiger partial charge in [0, 0.05) is 4.47 Å². The molecule has 0 aliphatic rings. The summed E-state index contributed by atoms with van der Waals surface area (Å²) >= 11 is 2.90. The molecule has 104 valence electrons. The highest BCUT2D eigenvalue weighted by Gasteiger charge is 2.34. The molecule has 1 aromatic rings. The van der Waals surface area contributed by atoms with Gasteiger partial charge in [0.2, 0.25) is 0 Å². The average molecular weight is 341 g/mol. The van der Waals surface area contributed by atoms with Crippen LogP contribution < -0.4 is 10.6 Å². The fourth-order valence-electron chi connectivity index (χ4n) is 1.18. The fraction of sp³-hybridized carbons (Fsp3) is 0.200. The number of carbonyl (C=O) groups excluding carboxylic acids is 1. The molecule has 0 radical (unpaired) electrons. The van der Waals surface area contributed by atoms with Crippen LogP contribution in [0.3, 0.4) is 0 Å². The van der Waals surface area contributed by atoms with E-state index in [2.05, 4.69) is 15.9 Å². The van der Waals surface area contributed by atoms with Crippen LogP contribution in [0.4, 0.5) is 23.7 Å². The summed E-state index contributed by atoms with van der Waals surface area (Å²) in [6, 6.07) is 2.16. The number of hydrogen-bond donors (Lipinski definition) is 3. The maximum absolute atomic E-state index is 12.7. The van der Waals surface area contributed by atoms with Crippen molar-refractivity contribution in [2.75, 3.05) is 11.9 Å². The summed E-state index contributed by atoms with van der Waals surface area (Å²) in [6.45, 7) is -0.691. The van der Waals surface area contributed by atoms with Crippen molar-refractivity contribution in [1.29, 1.82) is 0 Å². The number of aliphatic carboxylic acids is 1. The third kappa shape index (κ3) is 4.78. The van der Waals surface area contributed by atoms with Gasteiger partial charge in [-0.1, -0.05) is 15.9 Å². The molecule has 1 rings (SSSR count). The highest BCUT2D eigenvalue weighted by atomic mass is 79.9. The van der Waals surface area contributed by atoms with Crippen LogP contribution in [0.5, 0.6) is 0 Å². The van der Waals surface area contributed by atoms with Crippen LogP contribution in [0.25, 0.3) is 0 Å². The second-order valence-corrected chi connectivity index (χ2v) is 4.30. The molecule has 0 atom stereocenters. The second kappa shape index (κ2) is 5.91. The monoisotopic (exact) mass is 340 g/mol. The molecular formula is C10H8BrF3N2O3. The van der Waals surface area contributed by atoms with Gasteiger partial charge in [0.1, 0.15) is 6.54 Å². The summed E-state index contributed by atoms with van der Waals surface area (Å²) in [6.07, 6.45) is -4.64. The van der Waals surface area contributed by atoms with Gasteiger partial charge in [0.15, 0.2) is 0 Å². The van der Waals surface area contributed by atoms with E-state index in [1.54, 1.807) is 0 Å². The van der Waals surface area contributed by atoms with Crippen LogP contribution in [0.15, 0.2) is 22.7 Å². The van der Waals surface area contributed by atoms with Crippen molar-refractivity contribution in [2.45, 2.75) is 6.18 Å². The molecule has 9 heteroatoms. The van der Waals surface area contributed by atoms with E-state index in [1.807, 2.05) is 10.6 Å².